The molecular weight excluding hydrogens is 442 g/mol. The first kappa shape index (κ1) is 26.5. The van der Waals surface area contributed by atoms with E-state index < -0.39 is 42.7 Å². The second-order valence-corrected chi connectivity index (χ2v) is 8.11. The molecule has 1 aliphatic rings. The van der Waals surface area contributed by atoms with Gasteiger partial charge in [0, 0.05) is 35.6 Å². The predicted octanol–water partition coefficient (Wildman–Crippen LogP) is 4.57. The summed E-state index contributed by atoms with van der Waals surface area (Å²) in [5, 5.41) is 29.6. The molecule has 4 atom stereocenters. The van der Waals surface area contributed by atoms with Crippen molar-refractivity contribution in [3.05, 3.63) is 63.7 Å². The smallest absolute Gasteiger partial charge is 0.133 e. The van der Waals surface area contributed by atoms with Gasteiger partial charge in [0.2, 0.25) is 0 Å². The van der Waals surface area contributed by atoms with Gasteiger partial charge in [0.25, 0.3) is 0 Å². The first-order valence-corrected chi connectivity index (χ1v) is 11.1. The fourth-order valence-corrected chi connectivity index (χ4v) is 3.71. The van der Waals surface area contributed by atoms with Gasteiger partial charge in [-0.1, -0.05) is 37.6 Å². The molecule has 1 heterocycles. The van der Waals surface area contributed by atoms with Gasteiger partial charge in [0.1, 0.15) is 29.6 Å². The third-order valence-corrected chi connectivity index (χ3v) is 5.41. The van der Waals surface area contributed by atoms with E-state index in [4.69, 9.17) is 21.1 Å². The molecule has 0 saturated carbocycles. The van der Waals surface area contributed by atoms with Crippen LogP contribution in [0.2, 0.25) is 5.02 Å². The molecule has 0 aliphatic carbocycles. The number of hydrogen-bond donors (Lipinski definition) is 3. The summed E-state index contributed by atoms with van der Waals surface area (Å²) in [4.78, 5) is 0. The molecule has 5 nitrogen and oxygen atoms in total. The molecule has 0 aromatic heterocycles. The molecule has 1 saturated heterocycles. The molecule has 32 heavy (non-hydrogen) atoms. The highest BCUT2D eigenvalue weighted by Gasteiger charge is 2.37. The molecule has 3 N–H and O–H groups in total. The summed E-state index contributed by atoms with van der Waals surface area (Å²) in [6, 6.07) is 7.21. The Morgan fingerprint density at radius 1 is 1.12 bits per heavy atom. The normalized spacial score (nSPS) is 23.0. The number of hydrogen-bond acceptors (Lipinski definition) is 5. The molecule has 2 aromatic rings. The number of halogens is 3. The minimum Gasteiger partial charge on any atom is -0.491 e. The lowest BCUT2D eigenvalue weighted by molar-refractivity contribution is -0.181. The quantitative estimate of drug-likeness (QED) is 0.574. The maximum Gasteiger partial charge on any atom is 0.133 e. The molecule has 3 rings (SSSR count). The van der Waals surface area contributed by atoms with Crippen LogP contribution in [0.25, 0.3) is 0 Å². The third-order valence-electron chi connectivity index (χ3n) is 5.04. The van der Waals surface area contributed by atoms with Crippen LogP contribution in [0, 0.1) is 11.6 Å². The minimum atomic E-state index is -1.19. The lowest BCUT2D eigenvalue weighted by Gasteiger charge is -2.36. The van der Waals surface area contributed by atoms with Crippen LogP contribution in [0.15, 0.2) is 30.3 Å². The third kappa shape index (κ3) is 6.39. The van der Waals surface area contributed by atoms with Crippen molar-refractivity contribution in [1.82, 2.24) is 0 Å². The molecule has 1 fully saturated rings. The van der Waals surface area contributed by atoms with Crippen molar-refractivity contribution in [2.75, 3.05) is 6.61 Å². The standard InChI is InChI=1S/C22H25ClF2O5.C2H6/c1-11(2)29-14-7-17(24)15(18(25)8-14)6-13-5-12(3-4-16(13)23)20-9-19(27)22(28)21(10-26)30-20;1-2/h3-5,7-8,11,19-22,26-28H,6,9-10H2,1-2H3;1-2H3/t19-,20-,21-,22+;/m1./s1. The molecule has 0 unspecified atom stereocenters. The number of aliphatic hydroxyl groups excluding tert-OH is 3. The molecular formula is C24H31ClF2O5. The fraction of sp³-hybridized carbons (Fsp3) is 0.500. The second-order valence-electron chi connectivity index (χ2n) is 7.70. The van der Waals surface area contributed by atoms with Crippen molar-refractivity contribution in [1.29, 1.82) is 0 Å². The number of aliphatic hydroxyl groups is 3. The molecule has 2 aromatic carbocycles. The Morgan fingerprint density at radius 3 is 2.31 bits per heavy atom. The Bertz CT molecular complexity index is 870. The summed E-state index contributed by atoms with van der Waals surface area (Å²) in [5.74, 6) is -1.36. The maximum absolute atomic E-state index is 14.5. The summed E-state index contributed by atoms with van der Waals surface area (Å²) in [6.45, 7) is 7.08. The van der Waals surface area contributed by atoms with Crippen LogP contribution in [0.1, 0.15) is 56.9 Å². The lowest BCUT2D eigenvalue weighted by atomic mass is 9.92. The maximum atomic E-state index is 14.5. The Morgan fingerprint density at radius 2 is 1.75 bits per heavy atom. The van der Waals surface area contributed by atoms with E-state index >= 15 is 0 Å². The van der Waals surface area contributed by atoms with E-state index in [9.17, 15) is 24.1 Å². The minimum absolute atomic E-state index is 0.0897. The van der Waals surface area contributed by atoms with Gasteiger partial charge in [-0.15, -0.1) is 0 Å². The van der Waals surface area contributed by atoms with Crippen LogP contribution >= 0.6 is 11.6 Å². The van der Waals surface area contributed by atoms with Gasteiger partial charge in [0.15, 0.2) is 0 Å². The molecule has 1 aliphatic heterocycles. The zero-order valence-corrected chi connectivity index (χ0v) is 19.4. The Labute approximate surface area is 192 Å². The second kappa shape index (κ2) is 11.9. The van der Waals surface area contributed by atoms with Crippen molar-refractivity contribution in [2.45, 2.75) is 71.1 Å². The number of benzene rings is 2. The zero-order chi connectivity index (χ0) is 24.0. The van der Waals surface area contributed by atoms with Crippen molar-refractivity contribution in [3.8, 4) is 5.75 Å². The Kier molecular flexibility index (Phi) is 9.85. The zero-order valence-electron chi connectivity index (χ0n) is 18.7. The lowest BCUT2D eigenvalue weighted by Crippen LogP contribution is -2.47. The first-order chi connectivity index (χ1) is 15.2. The largest absolute Gasteiger partial charge is 0.491 e. The average molecular weight is 473 g/mol. The van der Waals surface area contributed by atoms with E-state index in [2.05, 4.69) is 0 Å². The average Bonchev–Trinajstić information content (AvgIpc) is 2.74. The van der Waals surface area contributed by atoms with E-state index in [-0.39, 0.29) is 30.3 Å². The van der Waals surface area contributed by atoms with Crippen molar-refractivity contribution in [3.63, 3.8) is 0 Å². The topological polar surface area (TPSA) is 79.2 Å². The first-order valence-electron chi connectivity index (χ1n) is 10.7. The van der Waals surface area contributed by atoms with Crippen LogP contribution in [-0.4, -0.2) is 46.3 Å². The number of rotatable bonds is 6. The van der Waals surface area contributed by atoms with E-state index in [1.54, 1.807) is 32.0 Å². The van der Waals surface area contributed by atoms with Gasteiger partial charge in [-0.25, -0.2) is 8.78 Å². The Balaban J connectivity index is 0.00000176. The summed E-state index contributed by atoms with van der Waals surface area (Å²) >= 11 is 6.26. The summed E-state index contributed by atoms with van der Waals surface area (Å²) < 4.78 is 40.1. The van der Waals surface area contributed by atoms with Gasteiger partial charge in [0.05, 0.1) is 24.9 Å². The van der Waals surface area contributed by atoms with Crippen molar-refractivity contribution >= 4 is 11.6 Å². The van der Waals surface area contributed by atoms with Gasteiger partial charge in [-0.2, -0.15) is 0 Å². The van der Waals surface area contributed by atoms with E-state index in [0.717, 1.165) is 12.1 Å². The highest BCUT2D eigenvalue weighted by molar-refractivity contribution is 6.31. The Hall–Kier alpha value is -1.77. The van der Waals surface area contributed by atoms with Gasteiger partial charge < -0.3 is 24.8 Å². The predicted molar refractivity (Wildman–Crippen MR) is 119 cm³/mol. The fourth-order valence-electron chi connectivity index (χ4n) is 3.53. The SMILES string of the molecule is CC.CC(C)Oc1cc(F)c(Cc2cc([C@H]3C[C@@H](O)[C@H](O)[C@@H](CO)O3)ccc2Cl)c(F)c1. The molecule has 0 radical (unpaired) electrons. The van der Waals surface area contributed by atoms with Gasteiger partial charge in [-0.3, -0.25) is 0 Å². The van der Waals surface area contributed by atoms with Crippen LogP contribution < -0.4 is 4.74 Å². The molecule has 0 spiro atoms. The number of ether oxygens (including phenoxy) is 2. The highest BCUT2D eigenvalue weighted by atomic mass is 35.5. The molecule has 8 heteroatoms. The van der Waals surface area contributed by atoms with Crippen LogP contribution in [0.3, 0.4) is 0 Å². The highest BCUT2D eigenvalue weighted by Crippen LogP contribution is 2.34. The summed E-state index contributed by atoms with van der Waals surface area (Å²) in [5.41, 5.74) is 0.965. The van der Waals surface area contributed by atoms with Crippen LogP contribution in [0.5, 0.6) is 5.75 Å². The van der Waals surface area contributed by atoms with E-state index in [1.807, 2.05) is 13.8 Å². The monoisotopic (exact) mass is 472 g/mol. The van der Waals surface area contributed by atoms with Crippen molar-refractivity contribution in [2.24, 2.45) is 0 Å². The van der Waals surface area contributed by atoms with Crippen LogP contribution in [-0.2, 0) is 11.2 Å². The van der Waals surface area contributed by atoms with Gasteiger partial charge >= 0.3 is 0 Å². The van der Waals surface area contributed by atoms with E-state index in [0.29, 0.717) is 16.1 Å². The van der Waals surface area contributed by atoms with Gasteiger partial charge in [-0.05, 0) is 31.0 Å². The summed E-state index contributed by atoms with van der Waals surface area (Å²) in [7, 11) is 0. The summed E-state index contributed by atoms with van der Waals surface area (Å²) in [6.07, 6.45) is -3.98. The molecule has 0 bridgehead atoms. The van der Waals surface area contributed by atoms with Crippen molar-refractivity contribution < 1.29 is 33.6 Å². The molecule has 178 valence electrons. The van der Waals surface area contributed by atoms with Crippen LogP contribution in [0.4, 0.5) is 8.78 Å². The molecule has 0 amide bonds. The van der Waals surface area contributed by atoms with E-state index in [1.165, 1.54) is 0 Å².